The summed E-state index contributed by atoms with van der Waals surface area (Å²) >= 11 is 5.76. The van der Waals surface area contributed by atoms with E-state index >= 15 is 0 Å². The Morgan fingerprint density at radius 1 is 1.52 bits per heavy atom. The molecule has 2 heterocycles. The third-order valence-corrected chi connectivity index (χ3v) is 4.37. The predicted molar refractivity (Wildman–Crippen MR) is 84.4 cm³/mol. The van der Waals surface area contributed by atoms with Gasteiger partial charge in [-0.2, -0.15) is 0 Å². The summed E-state index contributed by atoms with van der Waals surface area (Å²) in [6.07, 6.45) is 0.904. The second kappa shape index (κ2) is 6.25. The van der Waals surface area contributed by atoms with Gasteiger partial charge in [-0.3, -0.25) is 4.79 Å². The monoisotopic (exact) mass is 337 g/mol. The predicted octanol–water partition coefficient (Wildman–Crippen LogP) is 1.80. The minimum Gasteiger partial charge on any atom is -0.336 e. The molecule has 1 unspecified atom stereocenters. The fourth-order valence-electron chi connectivity index (χ4n) is 2.71. The average Bonchev–Trinajstić information content (AvgIpc) is 3.16. The molecule has 8 heteroatoms. The highest BCUT2D eigenvalue weighted by molar-refractivity contribution is 6.30. The largest absolute Gasteiger partial charge is 0.336 e. The number of carbonyl (C=O) groups excluding carboxylic acids is 1. The summed E-state index contributed by atoms with van der Waals surface area (Å²) in [5.74, 6) is -0.727. The number of hydrogen-bond donors (Lipinski definition) is 1. The van der Waals surface area contributed by atoms with Crippen LogP contribution in [0.3, 0.4) is 0 Å². The number of nitrogens with zero attached hydrogens (tertiary/aromatic N) is 4. The normalized spacial score (nSPS) is 17.5. The van der Waals surface area contributed by atoms with Crippen LogP contribution in [0.1, 0.15) is 22.6 Å². The number of rotatable bonds is 3. The molecule has 1 aliphatic heterocycles. The second-order valence-corrected chi connectivity index (χ2v) is 6.03. The van der Waals surface area contributed by atoms with Crippen LogP contribution in [0.25, 0.3) is 5.69 Å². The second-order valence-electron chi connectivity index (χ2n) is 5.59. The summed E-state index contributed by atoms with van der Waals surface area (Å²) in [7, 11) is 1.75. The highest BCUT2D eigenvalue weighted by atomic mass is 35.5. The Hall–Kier alpha value is -1.99. The Morgan fingerprint density at radius 3 is 2.96 bits per heavy atom. The average molecular weight is 338 g/mol. The number of aromatic nitrogens is 3. The number of likely N-dealkylation sites (N-methyl/N-ethyl adjacent to an activating group) is 1. The first-order valence-corrected chi connectivity index (χ1v) is 7.72. The van der Waals surface area contributed by atoms with Crippen LogP contribution in [-0.2, 0) is 0 Å². The summed E-state index contributed by atoms with van der Waals surface area (Å²) < 4.78 is 15.4. The number of carbonyl (C=O) groups is 1. The molecule has 2 aromatic rings. The van der Waals surface area contributed by atoms with Gasteiger partial charge in [0, 0.05) is 24.7 Å². The molecular weight excluding hydrogens is 321 g/mol. The topological polar surface area (TPSA) is 63.1 Å². The van der Waals surface area contributed by atoms with Gasteiger partial charge >= 0.3 is 0 Å². The zero-order chi connectivity index (χ0) is 16.6. The number of halogens is 2. The molecule has 0 bridgehead atoms. The molecule has 0 radical (unpaired) electrons. The Bertz CT molecular complexity index is 741. The third-order valence-electron chi connectivity index (χ3n) is 4.14. The molecular formula is C15H17ClFN5O. The van der Waals surface area contributed by atoms with Crippen molar-refractivity contribution in [2.75, 3.05) is 20.1 Å². The van der Waals surface area contributed by atoms with Crippen LogP contribution in [0.5, 0.6) is 0 Å². The van der Waals surface area contributed by atoms with E-state index in [1.54, 1.807) is 24.9 Å². The molecule has 1 saturated heterocycles. The molecule has 23 heavy (non-hydrogen) atoms. The van der Waals surface area contributed by atoms with Gasteiger partial charge in [0.15, 0.2) is 5.69 Å². The van der Waals surface area contributed by atoms with Crippen molar-refractivity contribution in [3.05, 3.63) is 40.4 Å². The summed E-state index contributed by atoms with van der Waals surface area (Å²) in [6, 6.07) is 4.42. The zero-order valence-corrected chi connectivity index (χ0v) is 13.6. The third kappa shape index (κ3) is 2.94. The van der Waals surface area contributed by atoms with Gasteiger partial charge in [0.2, 0.25) is 0 Å². The van der Waals surface area contributed by atoms with Crippen molar-refractivity contribution in [1.82, 2.24) is 25.2 Å². The maximum absolute atomic E-state index is 14.1. The molecule has 1 atom stereocenters. The maximum atomic E-state index is 14.1. The number of amides is 1. The lowest BCUT2D eigenvalue weighted by atomic mass is 10.2. The molecule has 1 fully saturated rings. The lowest BCUT2D eigenvalue weighted by Gasteiger charge is -2.22. The lowest BCUT2D eigenvalue weighted by molar-refractivity contribution is 0.0737. The Morgan fingerprint density at radius 2 is 2.30 bits per heavy atom. The van der Waals surface area contributed by atoms with Crippen molar-refractivity contribution in [3.63, 3.8) is 0 Å². The molecule has 6 nitrogen and oxygen atoms in total. The van der Waals surface area contributed by atoms with Crippen LogP contribution >= 0.6 is 11.6 Å². The van der Waals surface area contributed by atoms with E-state index in [1.165, 1.54) is 16.8 Å². The van der Waals surface area contributed by atoms with Crippen molar-refractivity contribution in [2.24, 2.45) is 0 Å². The molecule has 0 aliphatic carbocycles. The van der Waals surface area contributed by atoms with E-state index in [0.717, 1.165) is 19.5 Å². The molecule has 1 amide bonds. The van der Waals surface area contributed by atoms with E-state index in [2.05, 4.69) is 15.6 Å². The van der Waals surface area contributed by atoms with Crippen molar-refractivity contribution in [2.45, 2.75) is 19.4 Å². The minimum absolute atomic E-state index is 0.138. The quantitative estimate of drug-likeness (QED) is 0.927. The summed E-state index contributed by atoms with van der Waals surface area (Å²) in [4.78, 5) is 14.3. The standard InChI is InChI=1S/C15H17ClFN5O/c1-9-14(15(23)21(2)11-5-6-18-8-11)19-20-22(9)13-4-3-10(16)7-12(13)17/h3-4,7,11,18H,5-6,8H2,1-2H3. The van der Waals surface area contributed by atoms with E-state index in [1.807, 2.05) is 0 Å². The molecule has 1 N–H and O–H groups in total. The van der Waals surface area contributed by atoms with Crippen LogP contribution in [0.2, 0.25) is 5.02 Å². The van der Waals surface area contributed by atoms with E-state index in [-0.39, 0.29) is 23.3 Å². The van der Waals surface area contributed by atoms with Gasteiger partial charge in [0.05, 0.1) is 5.69 Å². The van der Waals surface area contributed by atoms with Gasteiger partial charge in [0.1, 0.15) is 11.5 Å². The SMILES string of the molecule is Cc1c(C(=O)N(C)C2CCNC2)nnn1-c1ccc(Cl)cc1F. The van der Waals surface area contributed by atoms with Crippen molar-refractivity contribution in [3.8, 4) is 5.69 Å². The van der Waals surface area contributed by atoms with Crippen molar-refractivity contribution in [1.29, 1.82) is 0 Å². The molecule has 1 aromatic heterocycles. The first-order valence-electron chi connectivity index (χ1n) is 7.34. The van der Waals surface area contributed by atoms with Gasteiger partial charge in [-0.05, 0) is 38.1 Å². The van der Waals surface area contributed by atoms with Gasteiger partial charge in [-0.1, -0.05) is 16.8 Å². The zero-order valence-electron chi connectivity index (χ0n) is 12.9. The molecule has 122 valence electrons. The Labute approximate surface area is 138 Å². The van der Waals surface area contributed by atoms with Gasteiger partial charge in [-0.15, -0.1) is 5.10 Å². The lowest BCUT2D eigenvalue weighted by Crippen LogP contribution is -2.38. The smallest absolute Gasteiger partial charge is 0.276 e. The number of hydrogen-bond acceptors (Lipinski definition) is 4. The number of nitrogens with one attached hydrogen (secondary N) is 1. The first-order chi connectivity index (χ1) is 11.0. The summed E-state index contributed by atoms with van der Waals surface area (Å²) in [5, 5.41) is 11.4. The molecule has 3 rings (SSSR count). The van der Waals surface area contributed by atoms with Crippen LogP contribution in [0.4, 0.5) is 4.39 Å². The van der Waals surface area contributed by atoms with E-state index in [4.69, 9.17) is 11.6 Å². The van der Waals surface area contributed by atoms with E-state index in [9.17, 15) is 9.18 Å². The minimum atomic E-state index is -0.516. The van der Waals surface area contributed by atoms with Gasteiger partial charge < -0.3 is 10.2 Å². The van der Waals surface area contributed by atoms with Crippen molar-refractivity contribution >= 4 is 17.5 Å². The highest BCUT2D eigenvalue weighted by Crippen LogP contribution is 2.20. The summed E-state index contributed by atoms with van der Waals surface area (Å²) in [5.41, 5.74) is 0.936. The van der Waals surface area contributed by atoms with Crippen LogP contribution < -0.4 is 5.32 Å². The fraction of sp³-hybridized carbons (Fsp3) is 0.400. The van der Waals surface area contributed by atoms with Gasteiger partial charge in [-0.25, -0.2) is 9.07 Å². The number of benzene rings is 1. The highest BCUT2D eigenvalue weighted by Gasteiger charge is 2.28. The molecule has 0 spiro atoms. The van der Waals surface area contributed by atoms with Crippen LogP contribution in [-0.4, -0.2) is 52.0 Å². The van der Waals surface area contributed by atoms with Crippen LogP contribution in [0, 0.1) is 12.7 Å². The fourth-order valence-corrected chi connectivity index (χ4v) is 2.87. The van der Waals surface area contributed by atoms with E-state index in [0.29, 0.717) is 10.7 Å². The Balaban J connectivity index is 1.91. The van der Waals surface area contributed by atoms with Crippen LogP contribution in [0.15, 0.2) is 18.2 Å². The first kappa shape index (κ1) is 15.9. The summed E-state index contributed by atoms with van der Waals surface area (Å²) in [6.45, 7) is 3.35. The molecule has 1 aromatic carbocycles. The van der Waals surface area contributed by atoms with E-state index < -0.39 is 5.82 Å². The molecule has 1 aliphatic rings. The van der Waals surface area contributed by atoms with Crippen molar-refractivity contribution < 1.29 is 9.18 Å². The molecule has 0 saturated carbocycles. The van der Waals surface area contributed by atoms with Gasteiger partial charge in [0.25, 0.3) is 5.91 Å². The Kier molecular flexibility index (Phi) is 4.32. The maximum Gasteiger partial charge on any atom is 0.276 e.